The van der Waals surface area contributed by atoms with Crippen LogP contribution in [-0.4, -0.2) is 11.0 Å². The Hall–Kier alpha value is -2.40. The van der Waals surface area contributed by atoms with E-state index in [1.807, 2.05) is 31.2 Å². The van der Waals surface area contributed by atoms with Crippen LogP contribution in [0.25, 0.3) is 6.08 Å². The van der Waals surface area contributed by atoms with Crippen LogP contribution in [-0.2, 0) is 4.79 Å². The van der Waals surface area contributed by atoms with Gasteiger partial charge in [0.2, 0.25) is 5.91 Å². The van der Waals surface area contributed by atoms with Gasteiger partial charge in [-0.05, 0) is 49.5 Å². The maximum absolute atomic E-state index is 11.6. The lowest BCUT2D eigenvalue weighted by Crippen LogP contribution is -2.32. The molecular formula is C15H14N2O2S. The minimum atomic E-state index is -0.314. The first kappa shape index (κ1) is 14.0. The largest absolute Gasteiger partial charge is 0.465 e. The number of anilines is 1. The smallest absolute Gasteiger partial charge is 0.250 e. The second-order valence-corrected chi connectivity index (χ2v) is 4.57. The quantitative estimate of drug-likeness (QED) is 0.672. The van der Waals surface area contributed by atoms with Gasteiger partial charge in [0.25, 0.3) is 0 Å². The van der Waals surface area contributed by atoms with E-state index < -0.39 is 0 Å². The van der Waals surface area contributed by atoms with Gasteiger partial charge in [-0.3, -0.25) is 10.1 Å². The number of hydrogen-bond acceptors (Lipinski definition) is 3. The number of rotatable bonds is 3. The second-order valence-electron chi connectivity index (χ2n) is 4.16. The van der Waals surface area contributed by atoms with E-state index in [-0.39, 0.29) is 11.0 Å². The van der Waals surface area contributed by atoms with Crippen LogP contribution in [0.2, 0.25) is 0 Å². The van der Waals surface area contributed by atoms with Crippen molar-refractivity contribution in [2.24, 2.45) is 0 Å². The van der Waals surface area contributed by atoms with Crippen molar-refractivity contribution in [2.75, 3.05) is 5.32 Å². The van der Waals surface area contributed by atoms with Gasteiger partial charge >= 0.3 is 0 Å². The molecule has 102 valence electrons. The number of nitrogens with one attached hydrogen (secondary N) is 2. The molecule has 0 unspecified atom stereocenters. The molecule has 0 atom stereocenters. The highest BCUT2D eigenvalue weighted by Crippen LogP contribution is 2.08. The van der Waals surface area contributed by atoms with Crippen LogP contribution in [0.5, 0.6) is 0 Å². The predicted molar refractivity (Wildman–Crippen MR) is 83.3 cm³/mol. The van der Waals surface area contributed by atoms with Crippen molar-refractivity contribution >= 4 is 35.0 Å². The molecule has 0 saturated carbocycles. The normalized spacial score (nSPS) is 10.4. The molecule has 20 heavy (non-hydrogen) atoms. The Bertz CT molecular complexity index is 616. The van der Waals surface area contributed by atoms with E-state index in [9.17, 15) is 4.79 Å². The van der Waals surface area contributed by atoms with E-state index in [1.165, 1.54) is 6.08 Å². The van der Waals surface area contributed by atoms with Crippen LogP contribution in [0.3, 0.4) is 0 Å². The number of benzene rings is 1. The summed E-state index contributed by atoms with van der Waals surface area (Å²) in [6.07, 6.45) is 4.48. The van der Waals surface area contributed by atoms with Gasteiger partial charge in [0.05, 0.1) is 6.26 Å². The Labute approximate surface area is 122 Å². The molecule has 1 heterocycles. The van der Waals surface area contributed by atoms with Crippen LogP contribution >= 0.6 is 12.2 Å². The summed E-state index contributed by atoms with van der Waals surface area (Å²) < 4.78 is 5.08. The van der Waals surface area contributed by atoms with Crippen LogP contribution in [0.1, 0.15) is 11.3 Å². The fourth-order valence-electron chi connectivity index (χ4n) is 1.50. The molecule has 4 nitrogen and oxygen atoms in total. The van der Waals surface area contributed by atoms with Gasteiger partial charge in [0.1, 0.15) is 5.76 Å². The van der Waals surface area contributed by atoms with E-state index in [0.29, 0.717) is 5.76 Å². The lowest BCUT2D eigenvalue weighted by Gasteiger charge is -2.08. The maximum Gasteiger partial charge on any atom is 0.250 e. The van der Waals surface area contributed by atoms with Crippen LogP contribution in [0, 0.1) is 6.92 Å². The maximum atomic E-state index is 11.6. The molecule has 1 aromatic carbocycles. The first-order valence-corrected chi connectivity index (χ1v) is 6.44. The number of furan rings is 1. The van der Waals surface area contributed by atoms with Crippen molar-refractivity contribution < 1.29 is 9.21 Å². The highest BCUT2D eigenvalue weighted by atomic mass is 32.1. The summed E-state index contributed by atoms with van der Waals surface area (Å²) in [5.74, 6) is 0.295. The van der Waals surface area contributed by atoms with Crippen molar-refractivity contribution in [2.45, 2.75) is 6.92 Å². The van der Waals surface area contributed by atoms with Gasteiger partial charge in [-0.25, -0.2) is 0 Å². The molecule has 1 amide bonds. The van der Waals surface area contributed by atoms with E-state index in [0.717, 1.165) is 11.3 Å². The Balaban J connectivity index is 1.85. The molecule has 1 aromatic heterocycles. The Morgan fingerprint density at radius 3 is 2.65 bits per heavy atom. The summed E-state index contributed by atoms with van der Waals surface area (Å²) in [7, 11) is 0. The number of amides is 1. The van der Waals surface area contributed by atoms with Crippen molar-refractivity contribution in [1.82, 2.24) is 5.32 Å². The monoisotopic (exact) mass is 286 g/mol. The predicted octanol–water partition coefficient (Wildman–Crippen LogP) is 3.11. The minimum Gasteiger partial charge on any atom is -0.465 e. The van der Waals surface area contributed by atoms with E-state index in [4.69, 9.17) is 16.6 Å². The topological polar surface area (TPSA) is 54.3 Å². The Kier molecular flexibility index (Phi) is 4.68. The van der Waals surface area contributed by atoms with Gasteiger partial charge in [0.15, 0.2) is 5.11 Å². The SMILES string of the molecule is Cc1ccc(NC(=S)NC(=O)/C=C/c2ccco2)cc1. The van der Waals surface area contributed by atoms with E-state index in [2.05, 4.69) is 10.6 Å². The number of carbonyl (C=O) groups is 1. The summed E-state index contributed by atoms with van der Waals surface area (Å²) in [5.41, 5.74) is 1.99. The Morgan fingerprint density at radius 1 is 1.25 bits per heavy atom. The van der Waals surface area contributed by atoms with E-state index >= 15 is 0 Å². The standard InChI is InChI=1S/C15H14N2O2S/c1-11-4-6-12(7-5-11)16-15(20)17-14(18)9-8-13-3-2-10-19-13/h2-10H,1H3,(H2,16,17,18,20)/b9-8+. The average molecular weight is 286 g/mol. The third-order valence-electron chi connectivity index (χ3n) is 2.49. The third-order valence-corrected chi connectivity index (χ3v) is 2.69. The van der Waals surface area contributed by atoms with Crippen molar-refractivity contribution in [3.63, 3.8) is 0 Å². The molecule has 0 radical (unpaired) electrons. The van der Waals surface area contributed by atoms with Gasteiger partial charge < -0.3 is 9.73 Å². The first-order valence-electron chi connectivity index (χ1n) is 6.04. The lowest BCUT2D eigenvalue weighted by molar-refractivity contribution is -0.115. The van der Waals surface area contributed by atoms with Crippen molar-refractivity contribution in [3.05, 3.63) is 60.1 Å². The molecule has 2 rings (SSSR count). The molecule has 2 aromatic rings. The number of thiocarbonyl (C=S) groups is 1. The van der Waals surface area contributed by atoms with Crippen LogP contribution < -0.4 is 10.6 Å². The highest BCUT2D eigenvalue weighted by molar-refractivity contribution is 7.80. The minimum absolute atomic E-state index is 0.253. The summed E-state index contributed by atoms with van der Waals surface area (Å²) in [4.78, 5) is 11.6. The van der Waals surface area contributed by atoms with Gasteiger partial charge in [-0.2, -0.15) is 0 Å². The second kappa shape index (κ2) is 6.68. The fraction of sp³-hybridized carbons (Fsp3) is 0.0667. The molecule has 0 saturated heterocycles. The zero-order chi connectivity index (χ0) is 14.4. The summed E-state index contributed by atoms with van der Waals surface area (Å²) in [5, 5.41) is 5.75. The lowest BCUT2D eigenvalue weighted by atomic mass is 10.2. The molecule has 0 aliphatic heterocycles. The van der Waals surface area contributed by atoms with Gasteiger partial charge in [0, 0.05) is 11.8 Å². The average Bonchev–Trinajstić information content (AvgIpc) is 2.92. The molecule has 2 N–H and O–H groups in total. The van der Waals surface area contributed by atoms with Gasteiger partial charge in [-0.1, -0.05) is 17.7 Å². The van der Waals surface area contributed by atoms with Gasteiger partial charge in [-0.15, -0.1) is 0 Å². The molecule has 0 aliphatic carbocycles. The highest BCUT2D eigenvalue weighted by Gasteiger charge is 2.01. The first-order chi connectivity index (χ1) is 9.63. The zero-order valence-corrected chi connectivity index (χ0v) is 11.7. The number of carbonyl (C=O) groups excluding carboxylic acids is 1. The molecule has 0 fully saturated rings. The molecule has 0 spiro atoms. The Morgan fingerprint density at radius 2 is 2.00 bits per heavy atom. The van der Waals surface area contributed by atoms with Crippen molar-refractivity contribution in [1.29, 1.82) is 0 Å². The van der Waals surface area contributed by atoms with Crippen LogP contribution in [0.4, 0.5) is 5.69 Å². The van der Waals surface area contributed by atoms with Crippen LogP contribution in [0.15, 0.2) is 53.2 Å². The molecule has 0 bridgehead atoms. The summed E-state index contributed by atoms with van der Waals surface area (Å²) in [6, 6.07) is 11.2. The zero-order valence-electron chi connectivity index (χ0n) is 10.9. The van der Waals surface area contributed by atoms with Crippen molar-refractivity contribution in [3.8, 4) is 0 Å². The van der Waals surface area contributed by atoms with E-state index in [1.54, 1.807) is 24.5 Å². The number of aryl methyl sites for hydroxylation is 1. The molecular weight excluding hydrogens is 272 g/mol. The number of hydrogen-bond donors (Lipinski definition) is 2. The summed E-state index contributed by atoms with van der Waals surface area (Å²) >= 11 is 5.06. The molecule has 5 heteroatoms. The summed E-state index contributed by atoms with van der Waals surface area (Å²) in [6.45, 7) is 2.00. The fourth-order valence-corrected chi connectivity index (χ4v) is 1.72. The third kappa shape index (κ3) is 4.37. The molecule has 0 aliphatic rings.